The highest BCUT2D eigenvalue weighted by atomic mass is 79.9. The summed E-state index contributed by atoms with van der Waals surface area (Å²) in [5, 5.41) is 0. The number of aromatic amines is 1. The maximum Gasteiger partial charge on any atom is 0.139 e. The maximum atomic E-state index is 5.10. The first-order chi connectivity index (χ1) is 7.16. The predicted octanol–water partition coefficient (Wildman–Crippen LogP) is 3.73. The molecule has 0 saturated heterocycles. The number of hydrogen-bond acceptors (Lipinski definition) is 3. The number of H-pyrrole nitrogens is 1. The zero-order valence-electron chi connectivity index (χ0n) is 7.37. The topological polar surface area (TPSA) is 41.6 Å². The molecule has 2 rings (SSSR count). The molecular formula is C9H5Br2N3S. The normalized spacial score (nSPS) is 10.3. The van der Waals surface area contributed by atoms with Gasteiger partial charge < -0.3 is 4.98 Å². The van der Waals surface area contributed by atoms with E-state index in [4.69, 9.17) is 12.2 Å². The molecule has 0 fully saturated rings. The third-order valence-electron chi connectivity index (χ3n) is 1.73. The highest BCUT2D eigenvalue weighted by Crippen LogP contribution is 2.19. The Labute approximate surface area is 108 Å². The van der Waals surface area contributed by atoms with Crippen LogP contribution in [0.15, 0.2) is 33.6 Å². The summed E-state index contributed by atoms with van der Waals surface area (Å²) < 4.78 is 2.31. The van der Waals surface area contributed by atoms with E-state index in [1.807, 2.05) is 6.07 Å². The molecule has 3 nitrogen and oxygen atoms in total. The largest absolute Gasteiger partial charge is 0.330 e. The fourth-order valence-electron chi connectivity index (χ4n) is 1.07. The number of aromatic nitrogens is 3. The van der Waals surface area contributed by atoms with Crippen LogP contribution in [0.4, 0.5) is 0 Å². The molecule has 2 aromatic heterocycles. The molecule has 0 saturated carbocycles. The molecule has 76 valence electrons. The number of pyridine rings is 1. The van der Waals surface area contributed by atoms with Gasteiger partial charge in [0.05, 0.1) is 4.47 Å². The van der Waals surface area contributed by atoms with Crippen molar-refractivity contribution in [2.45, 2.75) is 0 Å². The summed E-state index contributed by atoms with van der Waals surface area (Å²) in [7, 11) is 0. The Morgan fingerprint density at radius 3 is 2.67 bits per heavy atom. The fraction of sp³-hybridized carbons (Fsp3) is 0. The van der Waals surface area contributed by atoms with E-state index < -0.39 is 0 Å². The molecule has 0 aliphatic carbocycles. The molecule has 0 radical (unpaired) electrons. The SMILES string of the molecule is S=c1[nH]c(-c2cncc(Br)c2)ncc1Br. The average Bonchev–Trinajstić information content (AvgIpc) is 2.22. The summed E-state index contributed by atoms with van der Waals surface area (Å²) in [5.74, 6) is 0.706. The molecular weight excluding hydrogens is 342 g/mol. The van der Waals surface area contributed by atoms with Crippen LogP contribution in [0.2, 0.25) is 0 Å². The Kier molecular flexibility index (Phi) is 3.28. The van der Waals surface area contributed by atoms with Crippen molar-refractivity contribution >= 4 is 44.1 Å². The van der Waals surface area contributed by atoms with Gasteiger partial charge in [-0.3, -0.25) is 4.98 Å². The van der Waals surface area contributed by atoms with Crippen LogP contribution in [0.5, 0.6) is 0 Å². The van der Waals surface area contributed by atoms with E-state index >= 15 is 0 Å². The molecule has 0 spiro atoms. The highest BCUT2D eigenvalue weighted by molar-refractivity contribution is 9.10. The van der Waals surface area contributed by atoms with E-state index in [1.54, 1.807) is 18.6 Å². The molecule has 0 unspecified atom stereocenters. The molecule has 0 bridgehead atoms. The lowest BCUT2D eigenvalue weighted by molar-refractivity contribution is 1.13. The summed E-state index contributed by atoms with van der Waals surface area (Å²) in [6.45, 7) is 0. The van der Waals surface area contributed by atoms with E-state index in [0.717, 1.165) is 14.5 Å². The summed E-state index contributed by atoms with van der Waals surface area (Å²) in [5.41, 5.74) is 0.892. The molecule has 0 amide bonds. The minimum atomic E-state index is 0.625. The Morgan fingerprint density at radius 1 is 1.20 bits per heavy atom. The number of nitrogens with one attached hydrogen (secondary N) is 1. The minimum absolute atomic E-state index is 0.625. The number of nitrogens with zero attached hydrogens (tertiary/aromatic N) is 2. The zero-order chi connectivity index (χ0) is 10.8. The Hall–Kier alpha value is -0.590. The van der Waals surface area contributed by atoms with Crippen molar-refractivity contribution in [3.63, 3.8) is 0 Å². The molecule has 0 aliphatic heterocycles. The first-order valence-corrected chi connectivity index (χ1v) is 6.02. The van der Waals surface area contributed by atoms with Crippen LogP contribution in [0, 0.1) is 4.64 Å². The smallest absolute Gasteiger partial charge is 0.139 e. The third kappa shape index (κ3) is 2.50. The fourth-order valence-corrected chi connectivity index (χ4v) is 1.78. The molecule has 15 heavy (non-hydrogen) atoms. The van der Waals surface area contributed by atoms with Crippen LogP contribution in [0.1, 0.15) is 0 Å². The van der Waals surface area contributed by atoms with E-state index in [1.165, 1.54) is 0 Å². The van der Waals surface area contributed by atoms with Gasteiger partial charge in [0.2, 0.25) is 0 Å². The van der Waals surface area contributed by atoms with Crippen molar-refractivity contribution in [3.05, 3.63) is 38.2 Å². The lowest BCUT2D eigenvalue weighted by Gasteiger charge is -2.01. The number of rotatable bonds is 1. The van der Waals surface area contributed by atoms with Crippen LogP contribution in [-0.4, -0.2) is 15.0 Å². The highest BCUT2D eigenvalue weighted by Gasteiger charge is 2.01. The van der Waals surface area contributed by atoms with Gasteiger partial charge in [-0.25, -0.2) is 4.98 Å². The van der Waals surface area contributed by atoms with Crippen molar-refractivity contribution in [1.82, 2.24) is 15.0 Å². The van der Waals surface area contributed by atoms with Crippen LogP contribution in [0.25, 0.3) is 11.4 Å². The Morgan fingerprint density at radius 2 is 2.00 bits per heavy atom. The molecule has 1 N–H and O–H groups in total. The van der Waals surface area contributed by atoms with Crippen LogP contribution < -0.4 is 0 Å². The van der Waals surface area contributed by atoms with Crippen LogP contribution in [0.3, 0.4) is 0 Å². The van der Waals surface area contributed by atoms with Gasteiger partial charge in [0.25, 0.3) is 0 Å². The molecule has 6 heteroatoms. The van der Waals surface area contributed by atoms with Gasteiger partial charge in [-0.05, 0) is 37.9 Å². The molecule has 0 aromatic carbocycles. The minimum Gasteiger partial charge on any atom is -0.330 e. The second-order valence-electron chi connectivity index (χ2n) is 2.80. The van der Waals surface area contributed by atoms with Gasteiger partial charge in [-0.15, -0.1) is 0 Å². The molecule has 0 atom stereocenters. The first kappa shape index (κ1) is 10.9. The van der Waals surface area contributed by atoms with E-state index in [2.05, 4.69) is 46.8 Å². The van der Waals surface area contributed by atoms with Gasteiger partial charge in [0.1, 0.15) is 10.5 Å². The van der Waals surface area contributed by atoms with E-state index in [0.29, 0.717) is 10.5 Å². The molecule has 0 aliphatic rings. The average molecular weight is 347 g/mol. The van der Waals surface area contributed by atoms with Crippen molar-refractivity contribution in [2.24, 2.45) is 0 Å². The van der Waals surface area contributed by atoms with Gasteiger partial charge in [0, 0.05) is 28.6 Å². The van der Waals surface area contributed by atoms with Crippen molar-refractivity contribution in [2.75, 3.05) is 0 Å². The predicted molar refractivity (Wildman–Crippen MR) is 68.1 cm³/mol. The van der Waals surface area contributed by atoms with E-state index in [9.17, 15) is 0 Å². The monoisotopic (exact) mass is 345 g/mol. The Balaban J connectivity index is 2.55. The van der Waals surface area contributed by atoms with Gasteiger partial charge in [0.15, 0.2) is 0 Å². The number of hydrogen-bond donors (Lipinski definition) is 1. The Bertz CT molecular complexity index is 553. The molecule has 2 aromatic rings. The van der Waals surface area contributed by atoms with Crippen molar-refractivity contribution < 1.29 is 0 Å². The second-order valence-corrected chi connectivity index (χ2v) is 4.98. The van der Waals surface area contributed by atoms with Crippen LogP contribution >= 0.6 is 44.1 Å². The number of halogens is 2. The maximum absolute atomic E-state index is 5.10. The summed E-state index contributed by atoms with van der Waals surface area (Å²) >= 11 is 11.7. The standard InChI is InChI=1S/C9H5Br2N3S/c10-6-1-5(2-12-3-6)8-13-4-7(11)9(15)14-8/h1-4H,(H,13,14,15). The van der Waals surface area contributed by atoms with E-state index in [-0.39, 0.29) is 0 Å². The lowest BCUT2D eigenvalue weighted by Crippen LogP contribution is -1.90. The van der Waals surface area contributed by atoms with Gasteiger partial charge in [-0.1, -0.05) is 12.2 Å². The summed E-state index contributed by atoms with van der Waals surface area (Å²) in [6.07, 6.45) is 5.12. The zero-order valence-corrected chi connectivity index (χ0v) is 11.4. The summed E-state index contributed by atoms with van der Waals surface area (Å²) in [6, 6.07) is 1.93. The first-order valence-electron chi connectivity index (χ1n) is 4.02. The van der Waals surface area contributed by atoms with Crippen molar-refractivity contribution in [3.8, 4) is 11.4 Å². The molecule has 2 heterocycles. The van der Waals surface area contributed by atoms with Gasteiger partial charge in [-0.2, -0.15) is 0 Å². The quantitative estimate of drug-likeness (QED) is 0.800. The van der Waals surface area contributed by atoms with Crippen molar-refractivity contribution in [1.29, 1.82) is 0 Å². The second kappa shape index (κ2) is 4.51. The van der Waals surface area contributed by atoms with Gasteiger partial charge >= 0.3 is 0 Å². The summed E-state index contributed by atoms with van der Waals surface area (Å²) in [4.78, 5) is 11.3. The van der Waals surface area contributed by atoms with Crippen LogP contribution in [-0.2, 0) is 0 Å². The lowest BCUT2D eigenvalue weighted by atomic mass is 10.3. The third-order valence-corrected chi connectivity index (χ3v) is 3.35.